The summed E-state index contributed by atoms with van der Waals surface area (Å²) < 4.78 is 0. The summed E-state index contributed by atoms with van der Waals surface area (Å²) in [5, 5.41) is 3.69. The SMILES string of the molecule is CCCNC(c1ccc(-c2cccc(C)c2C)s1)C(C)C. The second-order valence-electron chi connectivity index (χ2n) is 6.13. The molecule has 0 aliphatic rings. The predicted molar refractivity (Wildman–Crippen MR) is 95.1 cm³/mol. The van der Waals surface area contributed by atoms with E-state index in [-0.39, 0.29) is 0 Å². The number of nitrogens with one attached hydrogen (secondary N) is 1. The van der Waals surface area contributed by atoms with Crippen molar-refractivity contribution >= 4 is 11.3 Å². The Morgan fingerprint density at radius 2 is 1.86 bits per heavy atom. The Balaban J connectivity index is 2.29. The zero-order valence-corrected chi connectivity index (χ0v) is 14.7. The van der Waals surface area contributed by atoms with E-state index in [4.69, 9.17) is 0 Å². The Morgan fingerprint density at radius 3 is 2.52 bits per heavy atom. The fourth-order valence-corrected chi connectivity index (χ4v) is 3.99. The topological polar surface area (TPSA) is 12.0 Å². The summed E-state index contributed by atoms with van der Waals surface area (Å²) in [6.45, 7) is 12.3. The van der Waals surface area contributed by atoms with Gasteiger partial charge in [-0.15, -0.1) is 11.3 Å². The van der Waals surface area contributed by atoms with Crippen LogP contribution < -0.4 is 5.32 Å². The van der Waals surface area contributed by atoms with Crippen LogP contribution in [0.15, 0.2) is 30.3 Å². The van der Waals surface area contributed by atoms with E-state index in [1.54, 1.807) is 0 Å². The van der Waals surface area contributed by atoms with E-state index in [9.17, 15) is 0 Å². The molecule has 0 spiro atoms. The van der Waals surface area contributed by atoms with E-state index in [0.717, 1.165) is 6.54 Å². The molecule has 1 aromatic carbocycles. The standard InChI is InChI=1S/C19H27NS/c1-6-12-20-19(13(2)3)18-11-10-17(21-18)16-9-7-8-14(4)15(16)5/h7-11,13,19-20H,6,12H2,1-5H3. The normalized spacial score (nSPS) is 12.9. The van der Waals surface area contributed by atoms with Gasteiger partial charge in [0.1, 0.15) is 0 Å². The maximum absolute atomic E-state index is 3.69. The number of hydrogen-bond donors (Lipinski definition) is 1. The quantitative estimate of drug-likeness (QED) is 0.718. The average molecular weight is 301 g/mol. The second kappa shape index (κ2) is 7.24. The van der Waals surface area contributed by atoms with E-state index in [0.29, 0.717) is 12.0 Å². The van der Waals surface area contributed by atoms with Crippen LogP contribution in [0.1, 0.15) is 49.2 Å². The van der Waals surface area contributed by atoms with Gasteiger partial charge in [0.05, 0.1) is 0 Å². The Labute approximate surface area is 133 Å². The van der Waals surface area contributed by atoms with Gasteiger partial charge < -0.3 is 5.32 Å². The molecule has 1 unspecified atom stereocenters. The summed E-state index contributed by atoms with van der Waals surface area (Å²) >= 11 is 1.93. The minimum Gasteiger partial charge on any atom is -0.309 e. The van der Waals surface area contributed by atoms with Crippen molar-refractivity contribution in [2.75, 3.05) is 6.54 Å². The van der Waals surface area contributed by atoms with Gasteiger partial charge in [0.25, 0.3) is 0 Å². The Bertz CT molecular complexity index is 583. The van der Waals surface area contributed by atoms with Gasteiger partial charge in [-0.3, -0.25) is 0 Å². The highest BCUT2D eigenvalue weighted by Crippen LogP contribution is 2.36. The molecule has 1 atom stereocenters. The number of thiophene rings is 1. The first kappa shape index (κ1) is 16.3. The molecule has 0 radical (unpaired) electrons. The molecule has 114 valence electrons. The third-order valence-electron chi connectivity index (χ3n) is 4.08. The van der Waals surface area contributed by atoms with Gasteiger partial charge in [-0.25, -0.2) is 0 Å². The molecule has 0 bridgehead atoms. The maximum atomic E-state index is 3.69. The van der Waals surface area contributed by atoms with Crippen molar-refractivity contribution in [2.45, 2.75) is 47.1 Å². The summed E-state index contributed by atoms with van der Waals surface area (Å²) in [5.41, 5.74) is 4.14. The molecule has 2 heteroatoms. The maximum Gasteiger partial charge on any atom is 0.0438 e. The van der Waals surface area contributed by atoms with Crippen LogP contribution in [0.25, 0.3) is 10.4 Å². The van der Waals surface area contributed by atoms with E-state index < -0.39 is 0 Å². The zero-order chi connectivity index (χ0) is 15.4. The highest BCUT2D eigenvalue weighted by Gasteiger charge is 2.17. The van der Waals surface area contributed by atoms with Crippen LogP contribution in [-0.4, -0.2) is 6.54 Å². The highest BCUT2D eigenvalue weighted by molar-refractivity contribution is 7.15. The first-order chi connectivity index (χ1) is 10.0. The summed E-state index contributed by atoms with van der Waals surface area (Å²) in [4.78, 5) is 2.84. The van der Waals surface area contributed by atoms with Crippen LogP contribution in [0.3, 0.4) is 0 Å². The lowest BCUT2D eigenvalue weighted by molar-refractivity contribution is 0.418. The van der Waals surface area contributed by atoms with Crippen LogP contribution in [0.4, 0.5) is 0 Å². The zero-order valence-electron chi connectivity index (χ0n) is 13.9. The van der Waals surface area contributed by atoms with Gasteiger partial charge >= 0.3 is 0 Å². The van der Waals surface area contributed by atoms with Crippen LogP contribution in [-0.2, 0) is 0 Å². The number of hydrogen-bond acceptors (Lipinski definition) is 2. The first-order valence-electron chi connectivity index (χ1n) is 7.94. The molecule has 0 aliphatic carbocycles. The Morgan fingerprint density at radius 1 is 1.10 bits per heavy atom. The van der Waals surface area contributed by atoms with Crippen LogP contribution in [0.2, 0.25) is 0 Å². The molecule has 0 saturated heterocycles. The first-order valence-corrected chi connectivity index (χ1v) is 8.76. The van der Waals surface area contributed by atoms with Gasteiger partial charge in [0.2, 0.25) is 0 Å². The van der Waals surface area contributed by atoms with Crippen molar-refractivity contribution in [2.24, 2.45) is 5.92 Å². The van der Waals surface area contributed by atoms with Crippen molar-refractivity contribution in [3.8, 4) is 10.4 Å². The van der Waals surface area contributed by atoms with Gasteiger partial charge in [0.15, 0.2) is 0 Å². The minimum absolute atomic E-state index is 0.466. The summed E-state index contributed by atoms with van der Waals surface area (Å²) in [6.07, 6.45) is 1.18. The minimum atomic E-state index is 0.466. The molecule has 1 aromatic heterocycles. The fraction of sp³-hybridized carbons (Fsp3) is 0.474. The molecule has 0 saturated carbocycles. The number of rotatable bonds is 6. The highest BCUT2D eigenvalue weighted by atomic mass is 32.1. The Hall–Kier alpha value is -1.12. The van der Waals surface area contributed by atoms with E-state index >= 15 is 0 Å². The number of aryl methyl sites for hydroxylation is 1. The van der Waals surface area contributed by atoms with Crippen LogP contribution >= 0.6 is 11.3 Å². The monoisotopic (exact) mass is 301 g/mol. The molecule has 2 aromatic rings. The molecule has 2 rings (SSSR count). The lowest BCUT2D eigenvalue weighted by Crippen LogP contribution is -2.25. The molecule has 1 heterocycles. The fourth-order valence-electron chi connectivity index (χ4n) is 2.65. The second-order valence-corrected chi connectivity index (χ2v) is 7.24. The van der Waals surface area contributed by atoms with E-state index in [1.807, 2.05) is 11.3 Å². The molecular formula is C19H27NS. The van der Waals surface area contributed by atoms with Crippen molar-refractivity contribution in [3.63, 3.8) is 0 Å². The molecule has 1 N–H and O–H groups in total. The van der Waals surface area contributed by atoms with E-state index in [1.165, 1.54) is 32.9 Å². The summed E-state index contributed by atoms with van der Waals surface area (Å²) in [6, 6.07) is 11.6. The average Bonchev–Trinajstić information content (AvgIpc) is 2.91. The lowest BCUT2D eigenvalue weighted by Gasteiger charge is -2.21. The predicted octanol–water partition coefficient (Wildman–Crippen LogP) is 5.73. The smallest absolute Gasteiger partial charge is 0.0438 e. The van der Waals surface area contributed by atoms with Crippen molar-refractivity contribution in [1.82, 2.24) is 5.32 Å². The van der Waals surface area contributed by atoms with E-state index in [2.05, 4.69) is 70.3 Å². The van der Waals surface area contributed by atoms with Crippen LogP contribution in [0.5, 0.6) is 0 Å². The molecular weight excluding hydrogens is 274 g/mol. The summed E-state index contributed by atoms with van der Waals surface area (Å²) in [5.74, 6) is 0.613. The third kappa shape index (κ3) is 3.75. The largest absolute Gasteiger partial charge is 0.309 e. The van der Waals surface area contributed by atoms with Crippen molar-refractivity contribution < 1.29 is 0 Å². The van der Waals surface area contributed by atoms with Gasteiger partial charge in [0, 0.05) is 15.8 Å². The summed E-state index contributed by atoms with van der Waals surface area (Å²) in [7, 11) is 0. The van der Waals surface area contributed by atoms with Gasteiger partial charge in [-0.2, -0.15) is 0 Å². The Kier molecular flexibility index (Phi) is 5.60. The number of benzene rings is 1. The molecule has 0 aliphatic heterocycles. The van der Waals surface area contributed by atoms with Crippen LogP contribution in [0, 0.1) is 19.8 Å². The molecule has 0 fully saturated rings. The lowest BCUT2D eigenvalue weighted by atomic mass is 10.0. The van der Waals surface area contributed by atoms with Crippen molar-refractivity contribution in [1.29, 1.82) is 0 Å². The van der Waals surface area contributed by atoms with Crippen molar-refractivity contribution in [3.05, 3.63) is 46.3 Å². The van der Waals surface area contributed by atoms with Gasteiger partial charge in [-0.05, 0) is 61.6 Å². The molecule has 1 nitrogen and oxygen atoms in total. The third-order valence-corrected chi connectivity index (χ3v) is 5.29. The molecule has 21 heavy (non-hydrogen) atoms. The van der Waals surface area contributed by atoms with Gasteiger partial charge in [-0.1, -0.05) is 39.0 Å². The molecule has 0 amide bonds.